The molecule has 110 valence electrons. The second kappa shape index (κ2) is 5.89. The fraction of sp³-hybridized carbons (Fsp3) is 0.533. The van der Waals surface area contributed by atoms with Gasteiger partial charge in [0.1, 0.15) is 11.6 Å². The third-order valence-corrected chi connectivity index (χ3v) is 3.92. The number of nitrogens with zero attached hydrogens (tertiary/aromatic N) is 1. The molecule has 1 aromatic carbocycles. The van der Waals surface area contributed by atoms with Crippen molar-refractivity contribution < 1.29 is 19.4 Å². The maximum Gasteiger partial charge on any atom is 0.163 e. The summed E-state index contributed by atoms with van der Waals surface area (Å²) in [5.41, 5.74) is 0.438. The summed E-state index contributed by atoms with van der Waals surface area (Å²) in [6.45, 7) is 4.95. The van der Waals surface area contributed by atoms with E-state index in [1.54, 1.807) is 6.92 Å². The van der Waals surface area contributed by atoms with Crippen LogP contribution in [-0.4, -0.2) is 40.1 Å². The number of aromatic hydroxyl groups is 1. The molecular formula is C15H20FNO3. The third-order valence-electron chi connectivity index (χ3n) is 3.92. The van der Waals surface area contributed by atoms with Crippen LogP contribution in [0.5, 0.6) is 5.75 Å². The minimum Gasteiger partial charge on any atom is -0.507 e. The monoisotopic (exact) mass is 281 g/mol. The molecule has 1 fully saturated rings. The number of carbonyl (C=O) groups is 1. The van der Waals surface area contributed by atoms with Crippen molar-refractivity contribution >= 4 is 5.78 Å². The molecule has 2 unspecified atom stereocenters. The van der Waals surface area contributed by atoms with Gasteiger partial charge in [-0.05, 0) is 44.9 Å². The minimum atomic E-state index is -0.519. The van der Waals surface area contributed by atoms with Crippen LogP contribution in [0.4, 0.5) is 4.39 Å². The molecule has 0 aromatic heterocycles. The van der Waals surface area contributed by atoms with Gasteiger partial charge in [-0.25, -0.2) is 4.39 Å². The number of ketones is 1. The van der Waals surface area contributed by atoms with Crippen LogP contribution in [-0.2, 0) is 6.54 Å². The van der Waals surface area contributed by atoms with Gasteiger partial charge in [0.2, 0.25) is 0 Å². The first-order valence-corrected chi connectivity index (χ1v) is 6.81. The molecule has 1 heterocycles. The molecule has 1 aromatic rings. The van der Waals surface area contributed by atoms with Gasteiger partial charge >= 0.3 is 0 Å². The fourth-order valence-corrected chi connectivity index (χ4v) is 2.69. The molecular weight excluding hydrogens is 261 g/mol. The zero-order valence-electron chi connectivity index (χ0n) is 11.8. The Morgan fingerprint density at radius 3 is 2.80 bits per heavy atom. The van der Waals surface area contributed by atoms with Gasteiger partial charge in [-0.3, -0.25) is 9.69 Å². The Hall–Kier alpha value is -1.46. The van der Waals surface area contributed by atoms with E-state index >= 15 is 0 Å². The van der Waals surface area contributed by atoms with E-state index in [-0.39, 0.29) is 29.1 Å². The van der Waals surface area contributed by atoms with Gasteiger partial charge in [0.05, 0.1) is 11.7 Å². The Balaban J connectivity index is 2.16. The van der Waals surface area contributed by atoms with Gasteiger partial charge in [-0.15, -0.1) is 0 Å². The Labute approximate surface area is 117 Å². The van der Waals surface area contributed by atoms with Crippen molar-refractivity contribution in [1.29, 1.82) is 0 Å². The predicted octanol–water partition coefficient (Wildman–Crippen LogP) is 1.94. The van der Waals surface area contributed by atoms with E-state index in [4.69, 9.17) is 0 Å². The number of halogens is 1. The molecule has 1 saturated heterocycles. The highest BCUT2D eigenvalue weighted by atomic mass is 19.1. The topological polar surface area (TPSA) is 60.8 Å². The number of rotatable bonds is 4. The Morgan fingerprint density at radius 2 is 2.25 bits per heavy atom. The summed E-state index contributed by atoms with van der Waals surface area (Å²) < 4.78 is 13.5. The molecule has 0 spiro atoms. The normalized spacial score (nSPS) is 21.1. The lowest BCUT2D eigenvalue weighted by Gasteiger charge is -2.18. The van der Waals surface area contributed by atoms with Crippen LogP contribution in [0.25, 0.3) is 0 Å². The highest BCUT2D eigenvalue weighted by Gasteiger charge is 2.27. The first kappa shape index (κ1) is 14.9. The van der Waals surface area contributed by atoms with E-state index in [0.29, 0.717) is 18.7 Å². The van der Waals surface area contributed by atoms with E-state index in [1.807, 2.05) is 0 Å². The van der Waals surface area contributed by atoms with Crippen molar-refractivity contribution in [2.75, 3.05) is 13.1 Å². The number of aliphatic hydroxyl groups is 1. The summed E-state index contributed by atoms with van der Waals surface area (Å²) in [5.74, 6) is -0.807. The SMILES string of the molecule is CC(=O)c1cc(F)cc(CN2CCC(C(C)O)C2)c1O. The zero-order chi connectivity index (χ0) is 14.9. The molecule has 4 nitrogen and oxygen atoms in total. The van der Waals surface area contributed by atoms with Gasteiger partial charge in [0.25, 0.3) is 0 Å². The standard InChI is InChI=1S/C15H20FNO3/c1-9(18)11-3-4-17(7-11)8-12-5-13(16)6-14(10(2)19)15(12)20/h5-6,9,11,18,20H,3-4,7-8H2,1-2H3. The number of phenols is 1. The highest BCUT2D eigenvalue weighted by molar-refractivity contribution is 5.97. The zero-order valence-corrected chi connectivity index (χ0v) is 11.8. The minimum absolute atomic E-state index is 0.0197. The number of phenolic OH excluding ortho intramolecular Hbond substituents is 1. The molecule has 0 radical (unpaired) electrons. The van der Waals surface area contributed by atoms with Crippen molar-refractivity contribution in [2.45, 2.75) is 32.9 Å². The van der Waals surface area contributed by atoms with E-state index in [0.717, 1.165) is 19.0 Å². The number of carbonyl (C=O) groups excluding carboxylic acids is 1. The largest absolute Gasteiger partial charge is 0.507 e. The van der Waals surface area contributed by atoms with Gasteiger partial charge in [0.15, 0.2) is 5.78 Å². The van der Waals surface area contributed by atoms with Crippen LogP contribution in [0.1, 0.15) is 36.2 Å². The van der Waals surface area contributed by atoms with E-state index in [1.165, 1.54) is 13.0 Å². The lowest BCUT2D eigenvalue weighted by Crippen LogP contribution is -2.24. The molecule has 5 heteroatoms. The van der Waals surface area contributed by atoms with Crippen LogP contribution >= 0.6 is 0 Å². The number of aliphatic hydroxyl groups excluding tert-OH is 1. The molecule has 2 N–H and O–H groups in total. The van der Waals surface area contributed by atoms with Crippen LogP contribution < -0.4 is 0 Å². The molecule has 2 rings (SSSR count). The maximum atomic E-state index is 13.5. The average Bonchev–Trinajstić information content (AvgIpc) is 2.81. The molecule has 20 heavy (non-hydrogen) atoms. The molecule has 0 aliphatic carbocycles. The number of Topliss-reactive ketones (excluding diaryl/α,β-unsaturated/α-hetero) is 1. The Kier molecular flexibility index (Phi) is 4.40. The summed E-state index contributed by atoms with van der Waals surface area (Å²) >= 11 is 0. The summed E-state index contributed by atoms with van der Waals surface area (Å²) in [6.07, 6.45) is 0.515. The number of likely N-dealkylation sites (tertiary alicyclic amines) is 1. The van der Waals surface area contributed by atoms with Gasteiger partial charge in [-0.2, -0.15) is 0 Å². The number of benzene rings is 1. The lowest BCUT2D eigenvalue weighted by atomic mass is 10.0. The van der Waals surface area contributed by atoms with Gasteiger partial charge in [-0.1, -0.05) is 0 Å². The van der Waals surface area contributed by atoms with Crippen molar-refractivity contribution in [3.63, 3.8) is 0 Å². The molecule has 0 bridgehead atoms. The molecule has 2 atom stereocenters. The first-order valence-electron chi connectivity index (χ1n) is 6.81. The second-order valence-electron chi connectivity index (χ2n) is 5.54. The van der Waals surface area contributed by atoms with Crippen molar-refractivity contribution in [1.82, 2.24) is 4.90 Å². The van der Waals surface area contributed by atoms with Crippen LogP contribution in [0, 0.1) is 11.7 Å². The smallest absolute Gasteiger partial charge is 0.163 e. The van der Waals surface area contributed by atoms with Crippen LogP contribution in [0.2, 0.25) is 0 Å². The lowest BCUT2D eigenvalue weighted by molar-refractivity contribution is 0.101. The number of hydrogen-bond acceptors (Lipinski definition) is 4. The van der Waals surface area contributed by atoms with Crippen molar-refractivity contribution in [3.8, 4) is 5.75 Å². The molecule has 0 saturated carbocycles. The second-order valence-corrected chi connectivity index (χ2v) is 5.54. The Bertz CT molecular complexity index is 516. The van der Waals surface area contributed by atoms with Crippen molar-refractivity contribution in [2.24, 2.45) is 5.92 Å². The summed E-state index contributed by atoms with van der Waals surface area (Å²) in [4.78, 5) is 13.4. The molecule has 1 aliphatic heterocycles. The van der Waals surface area contributed by atoms with Crippen LogP contribution in [0.15, 0.2) is 12.1 Å². The highest BCUT2D eigenvalue weighted by Crippen LogP contribution is 2.28. The predicted molar refractivity (Wildman–Crippen MR) is 73.1 cm³/mol. The Morgan fingerprint density at radius 1 is 1.55 bits per heavy atom. The summed E-state index contributed by atoms with van der Waals surface area (Å²) in [6, 6.07) is 2.32. The van der Waals surface area contributed by atoms with Gasteiger partial charge in [0, 0.05) is 18.7 Å². The maximum absolute atomic E-state index is 13.5. The van der Waals surface area contributed by atoms with E-state index < -0.39 is 5.82 Å². The summed E-state index contributed by atoms with van der Waals surface area (Å²) in [5, 5.41) is 19.6. The number of hydrogen-bond donors (Lipinski definition) is 2. The average molecular weight is 281 g/mol. The molecule has 1 aliphatic rings. The molecule has 0 amide bonds. The van der Waals surface area contributed by atoms with E-state index in [2.05, 4.69) is 4.90 Å². The van der Waals surface area contributed by atoms with Crippen LogP contribution in [0.3, 0.4) is 0 Å². The fourth-order valence-electron chi connectivity index (χ4n) is 2.69. The quantitative estimate of drug-likeness (QED) is 0.828. The third kappa shape index (κ3) is 3.16. The van der Waals surface area contributed by atoms with E-state index in [9.17, 15) is 19.4 Å². The van der Waals surface area contributed by atoms with Crippen molar-refractivity contribution in [3.05, 3.63) is 29.1 Å². The first-order chi connectivity index (χ1) is 9.38. The summed E-state index contributed by atoms with van der Waals surface area (Å²) in [7, 11) is 0. The van der Waals surface area contributed by atoms with Gasteiger partial charge < -0.3 is 10.2 Å².